The van der Waals surface area contributed by atoms with Crippen LogP contribution in [0, 0.1) is 12.7 Å². The lowest BCUT2D eigenvalue weighted by Crippen LogP contribution is -2.12. The smallest absolute Gasteiger partial charge is 0.189 e. The summed E-state index contributed by atoms with van der Waals surface area (Å²) in [6.45, 7) is 1.95. The summed E-state index contributed by atoms with van der Waals surface area (Å²) in [5.41, 5.74) is 14.0. The molecule has 0 radical (unpaired) electrons. The largest absolute Gasteiger partial charge is 0.382 e. The zero-order valence-corrected chi connectivity index (χ0v) is 14.7. The van der Waals surface area contributed by atoms with Gasteiger partial charge in [0.1, 0.15) is 17.3 Å². The molecule has 8 heteroatoms. The van der Waals surface area contributed by atoms with Crippen LogP contribution in [0.4, 0.5) is 21.7 Å². The minimum absolute atomic E-state index is 0.0459. The van der Waals surface area contributed by atoms with Crippen molar-refractivity contribution in [2.24, 2.45) is 0 Å². The van der Waals surface area contributed by atoms with Gasteiger partial charge in [0.2, 0.25) is 0 Å². The Labute approximate surface area is 155 Å². The van der Waals surface area contributed by atoms with E-state index in [2.05, 4.69) is 20.3 Å². The van der Waals surface area contributed by atoms with Gasteiger partial charge >= 0.3 is 0 Å². The molecule has 7 nitrogen and oxygen atoms in total. The van der Waals surface area contributed by atoms with Gasteiger partial charge in [0, 0.05) is 30.9 Å². The number of nitrogens with one attached hydrogen (secondary N) is 1. The number of carbonyl (C=O) groups is 1. The zero-order chi connectivity index (χ0) is 19.4. The molecule has 0 saturated carbocycles. The van der Waals surface area contributed by atoms with Crippen molar-refractivity contribution < 1.29 is 9.18 Å². The van der Waals surface area contributed by atoms with E-state index in [1.165, 1.54) is 12.3 Å². The fourth-order valence-electron chi connectivity index (χ4n) is 2.61. The highest BCUT2D eigenvalue weighted by atomic mass is 19.1. The van der Waals surface area contributed by atoms with Gasteiger partial charge in [0.15, 0.2) is 11.6 Å². The van der Waals surface area contributed by atoms with Gasteiger partial charge in [-0.25, -0.2) is 19.3 Å². The van der Waals surface area contributed by atoms with Crippen LogP contribution in [0.25, 0.3) is 0 Å². The van der Waals surface area contributed by atoms with Crippen LogP contribution in [0.5, 0.6) is 0 Å². The van der Waals surface area contributed by atoms with E-state index in [1.807, 2.05) is 0 Å². The summed E-state index contributed by atoms with van der Waals surface area (Å²) in [6.07, 6.45) is 3.11. The number of aryl methyl sites for hydroxylation is 1. The highest BCUT2D eigenvalue weighted by Crippen LogP contribution is 2.18. The Balaban J connectivity index is 1.74. The third-order valence-corrected chi connectivity index (χ3v) is 3.97. The molecule has 3 rings (SSSR count). The Morgan fingerprint density at radius 2 is 2.00 bits per heavy atom. The lowest BCUT2D eigenvalue weighted by atomic mass is 10.0. The summed E-state index contributed by atoms with van der Waals surface area (Å²) in [5, 5.41) is 3.04. The molecular weight excluding hydrogens is 347 g/mol. The molecule has 5 N–H and O–H groups in total. The number of anilines is 3. The molecule has 2 heterocycles. The van der Waals surface area contributed by atoms with Crippen molar-refractivity contribution in [2.75, 3.05) is 16.8 Å². The maximum absolute atomic E-state index is 14.1. The number of aromatic nitrogens is 3. The number of hydrogen-bond donors (Lipinski definition) is 3. The summed E-state index contributed by atoms with van der Waals surface area (Å²) in [7, 11) is 0. The van der Waals surface area contributed by atoms with Crippen molar-refractivity contribution in [3.05, 3.63) is 71.1 Å². The van der Waals surface area contributed by atoms with E-state index in [0.717, 1.165) is 0 Å². The number of nitrogen functional groups attached to an aromatic ring is 2. The van der Waals surface area contributed by atoms with Gasteiger partial charge in [0.05, 0.1) is 11.4 Å². The van der Waals surface area contributed by atoms with Crippen molar-refractivity contribution >= 4 is 23.1 Å². The third kappa shape index (κ3) is 4.35. The second-order valence-electron chi connectivity index (χ2n) is 6.06. The average molecular weight is 366 g/mol. The zero-order valence-electron chi connectivity index (χ0n) is 14.7. The van der Waals surface area contributed by atoms with Crippen molar-refractivity contribution in [3.8, 4) is 0 Å². The standard InChI is InChI=1S/C19H19FN6O/c1-11-9-25-17(19(22)26-11)16(27)8-12-4-5-14(20)13(7-12)10-24-15-3-2-6-23-18(15)21/h2-7,9,24H,8,10H2,1H3,(H2,21,23)(H2,22,26). The SMILES string of the molecule is Cc1cnc(C(=O)Cc2ccc(F)c(CNc3cccnc3N)c2)c(N)n1. The van der Waals surface area contributed by atoms with Crippen LogP contribution >= 0.6 is 0 Å². The van der Waals surface area contributed by atoms with Crippen LogP contribution in [-0.2, 0) is 13.0 Å². The number of carbonyl (C=O) groups excluding carboxylic acids is 1. The molecule has 3 aromatic rings. The number of benzene rings is 1. The number of ketones is 1. The number of hydrogen-bond acceptors (Lipinski definition) is 7. The van der Waals surface area contributed by atoms with Gasteiger partial charge in [-0.2, -0.15) is 0 Å². The molecule has 1 aromatic carbocycles. The van der Waals surface area contributed by atoms with Gasteiger partial charge in [-0.3, -0.25) is 4.79 Å². The van der Waals surface area contributed by atoms with Crippen LogP contribution in [0.1, 0.15) is 27.3 Å². The molecule has 0 saturated heterocycles. The lowest BCUT2D eigenvalue weighted by molar-refractivity contribution is 0.0989. The van der Waals surface area contributed by atoms with Crippen LogP contribution < -0.4 is 16.8 Å². The number of Topliss-reactive ketones (excluding diaryl/α,β-unsaturated/α-hetero) is 1. The van der Waals surface area contributed by atoms with E-state index in [9.17, 15) is 9.18 Å². The lowest BCUT2D eigenvalue weighted by Gasteiger charge is -2.11. The maximum atomic E-state index is 14.1. The number of rotatable bonds is 6. The Morgan fingerprint density at radius 3 is 2.74 bits per heavy atom. The van der Waals surface area contributed by atoms with Crippen molar-refractivity contribution in [1.82, 2.24) is 15.0 Å². The van der Waals surface area contributed by atoms with Crippen LogP contribution in [0.3, 0.4) is 0 Å². The summed E-state index contributed by atoms with van der Waals surface area (Å²) >= 11 is 0. The first kappa shape index (κ1) is 18.2. The van der Waals surface area contributed by atoms with E-state index < -0.39 is 0 Å². The molecule has 0 aliphatic heterocycles. The summed E-state index contributed by atoms with van der Waals surface area (Å²) in [4.78, 5) is 24.5. The second kappa shape index (κ2) is 7.77. The minimum Gasteiger partial charge on any atom is -0.382 e. The van der Waals surface area contributed by atoms with Crippen LogP contribution in [0.15, 0.2) is 42.7 Å². The Kier molecular flexibility index (Phi) is 5.25. The molecule has 0 fully saturated rings. The summed E-state index contributed by atoms with van der Waals surface area (Å²) in [6, 6.07) is 8.01. The molecule has 27 heavy (non-hydrogen) atoms. The highest BCUT2D eigenvalue weighted by molar-refractivity contribution is 5.99. The minimum atomic E-state index is -0.379. The fourth-order valence-corrected chi connectivity index (χ4v) is 2.61. The van der Waals surface area contributed by atoms with Gasteiger partial charge in [0.25, 0.3) is 0 Å². The van der Waals surface area contributed by atoms with E-state index >= 15 is 0 Å². The van der Waals surface area contributed by atoms with Crippen LogP contribution in [0.2, 0.25) is 0 Å². The van der Waals surface area contributed by atoms with Crippen molar-refractivity contribution in [1.29, 1.82) is 0 Å². The predicted octanol–water partition coefficient (Wildman–Crippen LogP) is 2.52. The maximum Gasteiger partial charge on any atom is 0.189 e. The normalized spacial score (nSPS) is 10.6. The summed E-state index contributed by atoms with van der Waals surface area (Å²) < 4.78 is 14.1. The van der Waals surface area contributed by atoms with E-state index in [-0.39, 0.29) is 36.1 Å². The Morgan fingerprint density at radius 1 is 1.19 bits per heavy atom. The number of nitrogens with two attached hydrogens (primary N) is 2. The van der Waals surface area contributed by atoms with Crippen molar-refractivity contribution in [3.63, 3.8) is 0 Å². The van der Waals surface area contributed by atoms with Crippen molar-refractivity contribution in [2.45, 2.75) is 19.9 Å². The molecular formula is C19H19FN6O. The topological polar surface area (TPSA) is 120 Å². The van der Waals surface area contributed by atoms with Gasteiger partial charge in [-0.05, 0) is 30.7 Å². The summed E-state index contributed by atoms with van der Waals surface area (Å²) in [5.74, 6) is -0.230. The molecule has 0 unspecified atom stereocenters. The molecule has 0 aliphatic carbocycles. The van der Waals surface area contributed by atoms with Gasteiger partial charge in [-0.15, -0.1) is 0 Å². The molecule has 0 atom stereocenters. The monoisotopic (exact) mass is 366 g/mol. The van der Waals surface area contributed by atoms with E-state index in [4.69, 9.17) is 11.5 Å². The molecule has 0 bridgehead atoms. The average Bonchev–Trinajstić information content (AvgIpc) is 2.63. The highest BCUT2D eigenvalue weighted by Gasteiger charge is 2.15. The quantitative estimate of drug-likeness (QED) is 0.573. The fraction of sp³-hybridized carbons (Fsp3) is 0.158. The molecule has 0 aliphatic rings. The van der Waals surface area contributed by atoms with Gasteiger partial charge in [-0.1, -0.05) is 12.1 Å². The van der Waals surface area contributed by atoms with Gasteiger partial charge < -0.3 is 16.8 Å². The first-order chi connectivity index (χ1) is 12.9. The Hall–Kier alpha value is -3.55. The molecule has 138 valence electrons. The van der Waals surface area contributed by atoms with E-state index in [0.29, 0.717) is 28.3 Å². The number of halogens is 1. The Bertz CT molecular complexity index is 992. The van der Waals surface area contributed by atoms with E-state index in [1.54, 1.807) is 37.4 Å². The number of pyridine rings is 1. The first-order valence-corrected chi connectivity index (χ1v) is 8.28. The number of nitrogens with zero attached hydrogens (tertiary/aromatic N) is 3. The van der Waals surface area contributed by atoms with Crippen LogP contribution in [-0.4, -0.2) is 20.7 Å². The third-order valence-electron chi connectivity index (χ3n) is 3.97. The first-order valence-electron chi connectivity index (χ1n) is 8.28. The molecule has 0 spiro atoms. The predicted molar refractivity (Wildman–Crippen MR) is 102 cm³/mol. The molecule has 0 amide bonds. The molecule has 2 aromatic heterocycles. The second-order valence-corrected chi connectivity index (χ2v) is 6.06.